The van der Waals surface area contributed by atoms with Crippen LogP contribution < -0.4 is 10.2 Å². The van der Waals surface area contributed by atoms with E-state index in [0.717, 1.165) is 50.7 Å². The van der Waals surface area contributed by atoms with Gasteiger partial charge in [-0.1, -0.05) is 6.92 Å². The SMILES string of the molecule is CCCNCc1coc(N2CCC(OC)C2)n1. The molecule has 2 heterocycles. The molecule has 0 amide bonds. The number of oxazole rings is 1. The molecule has 1 unspecified atom stereocenters. The fourth-order valence-electron chi connectivity index (χ4n) is 2.01. The van der Waals surface area contributed by atoms with Crippen molar-refractivity contribution in [2.75, 3.05) is 31.6 Å². The molecule has 1 saturated heterocycles. The molecule has 96 valence electrons. The van der Waals surface area contributed by atoms with Crippen molar-refractivity contribution in [3.63, 3.8) is 0 Å². The van der Waals surface area contributed by atoms with Crippen LogP contribution in [0.4, 0.5) is 6.01 Å². The predicted octanol–water partition coefficient (Wildman–Crippen LogP) is 1.40. The Bertz CT molecular complexity index is 340. The molecule has 0 bridgehead atoms. The van der Waals surface area contributed by atoms with Gasteiger partial charge in [0.2, 0.25) is 0 Å². The average molecular weight is 239 g/mol. The Morgan fingerprint density at radius 3 is 3.24 bits per heavy atom. The maximum Gasteiger partial charge on any atom is 0.297 e. The largest absolute Gasteiger partial charge is 0.432 e. The Labute approximate surface area is 102 Å². The van der Waals surface area contributed by atoms with Gasteiger partial charge in [0.05, 0.1) is 11.8 Å². The van der Waals surface area contributed by atoms with E-state index in [1.807, 2.05) is 0 Å². The Morgan fingerprint density at radius 1 is 1.65 bits per heavy atom. The first-order chi connectivity index (χ1) is 8.33. The van der Waals surface area contributed by atoms with Crippen LogP contribution in [-0.4, -0.2) is 37.8 Å². The monoisotopic (exact) mass is 239 g/mol. The lowest BCUT2D eigenvalue weighted by atomic mass is 10.3. The maximum atomic E-state index is 5.49. The standard InChI is InChI=1S/C12H21N3O2/c1-3-5-13-7-10-9-17-12(14-10)15-6-4-11(8-15)16-2/h9,11,13H,3-8H2,1-2H3. The molecule has 1 atom stereocenters. The lowest BCUT2D eigenvalue weighted by molar-refractivity contribution is 0.121. The van der Waals surface area contributed by atoms with Crippen molar-refractivity contribution >= 4 is 6.01 Å². The van der Waals surface area contributed by atoms with Crippen molar-refractivity contribution in [2.45, 2.75) is 32.4 Å². The third-order valence-corrected chi connectivity index (χ3v) is 3.02. The third-order valence-electron chi connectivity index (χ3n) is 3.02. The number of rotatable bonds is 6. The van der Waals surface area contributed by atoms with Crippen LogP contribution in [0.25, 0.3) is 0 Å². The first-order valence-corrected chi connectivity index (χ1v) is 6.26. The van der Waals surface area contributed by atoms with Crippen LogP contribution in [0.15, 0.2) is 10.7 Å². The molecule has 0 saturated carbocycles. The number of hydrogen-bond donors (Lipinski definition) is 1. The first kappa shape index (κ1) is 12.4. The predicted molar refractivity (Wildman–Crippen MR) is 66.1 cm³/mol. The van der Waals surface area contributed by atoms with Crippen molar-refractivity contribution < 1.29 is 9.15 Å². The molecule has 0 spiro atoms. The molecular formula is C12H21N3O2. The second-order valence-electron chi connectivity index (χ2n) is 4.39. The van der Waals surface area contributed by atoms with E-state index in [1.165, 1.54) is 0 Å². The van der Waals surface area contributed by atoms with Gasteiger partial charge < -0.3 is 19.4 Å². The third kappa shape index (κ3) is 3.20. The van der Waals surface area contributed by atoms with Gasteiger partial charge in [-0.25, -0.2) is 0 Å². The number of nitrogens with zero attached hydrogens (tertiary/aromatic N) is 2. The molecule has 1 aromatic heterocycles. The van der Waals surface area contributed by atoms with Crippen LogP contribution in [0.3, 0.4) is 0 Å². The van der Waals surface area contributed by atoms with Crippen LogP contribution in [0.1, 0.15) is 25.5 Å². The summed E-state index contributed by atoms with van der Waals surface area (Å²) in [6.07, 6.45) is 4.22. The number of hydrogen-bond acceptors (Lipinski definition) is 5. The number of methoxy groups -OCH3 is 1. The summed E-state index contributed by atoms with van der Waals surface area (Å²) in [5.41, 5.74) is 0.967. The van der Waals surface area contributed by atoms with Gasteiger partial charge in [0.1, 0.15) is 6.26 Å². The van der Waals surface area contributed by atoms with E-state index in [9.17, 15) is 0 Å². The van der Waals surface area contributed by atoms with Gasteiger partial charge >= 0.3 is 0 Å². The molecule has 2 rings (SSSR count). The lowest BCUT2D eigenvalue weighted by Crippen LogP contribution is -2.22. The summed E-state index contributed by atoms with van der Waals surface area (Å²) in [7, 11) is 1.75. The summed E-state index contributed by atoms with van der Waals surface area (Å²) in [5, 5.41) is 3.31. The van der Waals surface area contributed by atoms with Crippen molar-refractivity contribution in [3.8, 4) is 0 Å². The van der Waals surface area contributed by atoms with Crippen LogP contribution >= 0.6 is 0 Å². The number of aromatic nitrogens is 1. The Kier molecular flexibility index (Phi) is 4.39. The fourth-order valence-corrected chi connectivity index (χ4v) is 2.01. The van der Waals surface area contributed by atoms with E-state index >= 15 is 0 Å². The van der Waals surface area contributed by atoms with Crippen molar-refractivity contribution in [2.24, 2.45) is 0 Å². The van der Waals surface area contributed by atoms with E-state index in [-0.39, 0.29) is 0 Å². The molecule has 0 radical (unpaired) electrons. The summed E-state index contributed by atoms with van der Waals surface area (Å²) in [6.45, 7) is 5.77. The van der Waals surface area contributed by atoms with Crippen LogP contribution in [0.5, 0.6) is 0 Å². The van der Waals surface area contributed by atoms with Gasteiger partial charge in [-0.3, -0.25) is 0 Å². The zero-order chi connectivity index (χ0) is 12.1. The van der Waals surface area contributed by atoms with Gasteiger partial charge in [0, 0.05) is 26.7 Å². The first-order valence-electron chi connectivity index (χ1n) is 6.26. The smallest absolute Gasteiger partial charge is 0.297 e. The summed E-state index contributed by atoms with van der Waals surface area (Å²) in [4.78, 5) is 6.61. The highest BCUT2D eigenvalue weighted by molar-refractivity contribution is 5.29. The maximum absolute atomic E-state index is 5.49. The molecule has 1 aromatic rings. The molecule has 5 nitrogen and oxygen atoms in total. The van der Waals surface area contributed by atoms with E-state index in [0.29, 0.717) is 6.10 Å². The van der Waals surface area contributed by atoms with Gasteiger partial charge in [0.25, 0.3) is 6.01 Å². The second kappa shape index (κ2) is 6.02. The molecule has 0 aliphatic carbocycles. The zero-order valence-corrected chi connectivity index (χ0v) is 10.6. The van der Waals surface area contributed by atoms with Crippen molar-refractivity contribution in [3.05, 3.63) is 12.0 Å². The molecule has 5 heteroatoms. The Hall–Kier alpha value is -1.07. The van der Waals surface area contributed by atoms with Crippen LogP contribution in [-0.2, 0) is 11.3 Å². The molecule has 1 aliphatic rings. The molecule has 1 fully saturated rings. The second-order valence-corrected chi connectivity index (χ2v) is 4.39. The van der Waals surface area contributed by atoms with Gasteiger partial charge in [-0.05, 0) is 19.4 Å². The van der Waals surface area contributed by atoms with Gasteiger partial charge in [0.15, 0.2) is 0 Å². The average Bonchev–Trinajstić information content (AvgIpc) is 2.97. The quantitative estimate of drug-likeness (QED) is 0.760. The van der Waals surface area contributed by atoms with Crippen molar-refractivity contribution in [1.29, 1.82) is 0 Å². The Morgan fingerprint density at radius 2 is 2.53 bits per heavy atom. The normalized spacial score (nSPS) is 20.1. The minimum atomic E-state index is 0.309. The van der Waals surface area contributed by atoms with E-state index in [4.69, 9.17) is 9.15 Å². The minimum Gasteiger partial charge on any atom is -0.432 e. The minimum absolute atomic E-state index is 0.309. The molecular weight excluding hydrogens is 218 g/mol. The highest BCUT2D eigenvalue weighted by Gasteiger charge is 2.25. The highest BCUT2D eigenvalue weighted by Crippen LogP contribution is 2.20. The molecule has 0 aromatic carbocycles. The van der Waals surface area contributed by atoms with Gasteiger partial charge in [-0.15, -0.1) is 0 Å². The zero-order valence-electron chi connectivity index (χ0n) is 10.6. The molecule has 1 aliphatic heterocycles. The summed E-state index contributed by atoms with van der Waals surface area (Å²) in [5.74, 6) is 0. The topological polar surface area (TPSA) is 50.5 Å². The molecule has 17 heavy (non-hydrogen) atoms. The van der Waals surface area contributed by atoms with E-state index in [2.05, 4.69) is 22.1 Å². The van der Waals surface area contributed by atoms with E-state index < -0.39 is 0 Å². The highest BCUT2D eigenvalue weighted by atomic mass is 16.5. The number of ether oxygens (including phenoxy) is 1. The fraction of sp³-hybridized carbons (Fsp3) is 0.750. The summed E-state index contributed by atoms with van der Waals surface area (Å²) < 4.78 is 10.8. The summed E-state index contributed by atoms with van der Waals surface area (Å²) in [6, 6.07) is 0.720. The van der Waals surface area contributed by atoms with Crippen LogP contribution in [0.2, 0.25) is 0 Å². The summed E-state index contributed by atoms with van der Waals surface area (Å²) >= 11 is 0. The Balaban J connectivity index is 1.85. The van der Waals surface area contributed by atoms with E-state index in [1.54, 1.807) is 13.4 Å². The van der Waals surface area contributed by atoms with Gasteiger partial charge in [-0.2, -0.15) is 4.98 Å². The number of anilines is 1. The van der Waals surface area contributed by atoms with Crippen molar-refractivity contribution in [1.82, 2.24) is 10.3 Å². The number of nitrogens with one attached hydrogen (secondary N) is 1. The van der Waals surface area contributed by atoms with Crippen LogP contribution in [0, 0.1) is 0 Å². The lowest BCUT2D eigenvalue weighted by Gasteiger charge is -2.12. The molecule has 1 N–H and O–H groups in total.